The molecule has 2 aromatic rings. The molecule has 0 aromatic heterocycles. The number of carbonyl (C=O) groups is 2. The Kier molecular flexibility index (Phi) is 5.06. The lowest BCUT2D eigenvalue weighted by atomic mass is 10.2. The number of nitrogens with zero attached hydrogens (tertiary/aromatic N) is 1. The Morgan fingerprint density at radius 1 is 1.20 bits per heavy atom. The van der Waals surface area contributed by atoms with Gasteiger partial charge in [0.1, 0.15) is 12.4 Å². The molecule has 8 heteroatoms. The van der Waals surface area contributed by atoms with Gasteiger partial charge in [0, 0.05) is 17.7 Å². The van der Waals surface area contributed by atoms with Crippen molar-refractivity contribution >= 4 is 29.2 Å². The lowest BCUT2D eigenvalue weighted by molar-refractivity contribution is -0.125. The number of fused-ring (bicyclic) bond motifs is 2. The van der Waals surface area contributed by atoms with Crippen LogP contribution in [0.2, 0.25) is 5.02 Å². The molecule has 0 bridgehead atoms. The summed E-state index contributed by atoms with van der Waals surface area (Å²) in [5.41, 5.74) is 5.99. The Morgan fingerprint density at radius 3 is 2.80 bits per heavy atom. The van der Waals surface area contributed by atoms with Crippen molar-refractivity contribution in [1.82, 2.24) is 10.9 Å². The summed E-state index contributed by atoms with van der Waals surface area (Å²) in [6.07, 6.45) is 0. The van der Waals surface area contributed by atoms with Crippen molar-refractivity contribution in [2.75, 3.05) is 18.6 Å². The first-order chi connectivity index (χ1) is 12.1. The molecule has 1 aliphatic rings. The van der Waals surface area contributed by atoms with Crippen LogP contribution in [-0.2, 0) is 16.1 Å². The minimum absolute atomic E-state index is 0.158. The fraction of sp³-hybridized carbons (Fsp3) is 0.176. The van der Waals surface area contributed by atoms with Crippen molar-refractivity contribution in [2.24, 2.45) is 0 Å². The van der Waals surface area contributed by atoms with E-state index in [-0.39, 0.29) is 13.2 Å². The van der Waals surface area contributed by atoms with Crippen LogP contribution in [0.5, 0.6) is 11.5 Å². The number of ether oxygens (including phenoxy) is 2. The predicted octanol–water partition coefficient (Wildman–Crippen LogP) is 2.84. The lowest BCUT2D eigenvalue weighted by Crippen LogP contribution is -2.49. The van der Waals surface area contributed by atoms with Gasteiger partial charge in [-0.3, -0.25) is 15.1 Å². The number of nitrogens with one attached hydrogen (secondary N) is 2. The zero-order chi connectivity index (χ0) is 17.8. The van der Waals surface area contributed by atoms with Crippen molar-refractivity contribution in [3.05, 3.63) is 53.1 Å². The van der Waals surface area contributed by atoms with Crippen molar-refractivity contribution in [3.63, 3.8) is 0 Å². The number of hydrogen-bond acceptors (Lipinski definition) is 4. The van der Waals surface area contributed by atoms with Crippen LogP contribution in [0.1, 0.15) is 5.56 Å². The van der Waals surface area contributed by atoms with Crippen LogP contribution in [0.15, 0.2) is 42.5 Å². The second-order valence-corrected chi connectivity index (χ2v) is 5.76. The summed E-state index contributed by atoms with van der Waals surface area (Å²) in [6.45, 7) is 0.101. The maximum Gasteiger partial charge on any atom is 0.341 e. The summed E-state index contributed by atoms with van der Waals surface area (Å²) < 4.78 is 10.6. The SMILES string of the molecule is COCC(=O)NNC(=O)N1Cc2ccccc2Oc2ccc(Cl)cc21. The Labute approximate surface area is 149 Å². The highest BCUT2D eigenvalue weighted by Gasteiger charge is 2.25. The van der Waals surface area contributed by atoms with Crippen LogP contribution >= 0.6 is 11.6 Å². The molecule has 2 aromatic carbocycles. The largest absolute Gasteiger partial charge is 0.455 e. The van der Waals surface area contributed by atoms with E-state index in [0.717, 1.165) is 5.56 Å². The summed E-state index contributed by atoms with van der Waals surface area (Å²) in [5, 5.41) is 0.467. The highest BCUT2D eigenvalue weighted by molar-refractivity contribution is 6.31. The number of amides is 3. The average molecular weight is 362 g/mol. The van der Waals surface area contributed by atoms with Crippen molar-refractivity contribution in [2.45, 2.75) is 6.54 Å². The van der Waals surface area contributed by atoms with E-state index in [1.165, 1.54) is 12.0 Å². The maximum atomic E-state index is 12.6. The first kappa shape index (κ1) is 17.1. The van der Waals surface area contributed by atoms with Crippen LogP contribution in [-0.4, -0.2) is 25.7 Å². The smallest absolute Gasteiger partial charge is 0.341 e. The number of hydrogen-bond donors (Lipinski definition) is 2. The Balaban J connectivity index is 1.90. The van der Waals surface area contributed by atoms with Crippen LogP contribution in [0.3, 0.4) is 0 Å². The molecule has 3 amide bonds. The van der Waals surface area contributed by atoms with Gasteiger partial charge in [0.2, 0.25) is 0 Å². The second kappa shape index (κ2) is 7.42. The minimum Gasteiger partial charge on any atom is -0.455 e. The fourth-order valence-electron chi connectivity index (χ4n) is 2.43. The summed E-state index contributed by atoms with van der Waals surface area (Å²) in [6, 6.07) is 11.9. The van der Waals surface area contributed by atoms with E-state index in [1.54, 1.807) is 18.2 Å². The Morgan fingerprint density at radius 2 is 2.00 bits per heavy atom. The average Bonchev–Trinajstić information content (AvgIpc) is 2.76. The third-order valence-electron chi connectivity index (χ3n) is 3.56. The zero-order valence-electron chi connectivity index (χ0n) is 13.4. The number of carbonyl (C=O) groups excluding carboxylic acids is 2. The van der Waals surface area contributed by atoms with Gasteiger partial charge in [-0.25, -0.2) is 10.2 Å². The van der Waals surface area contributed by atoms with Gasteiger partial charge in [0.25, 0.3) is 5.91 Å². The minimum atomic E-state index is -0.520. The van der Waals surface area contributed by atoms with E-state index in [0.29, 0.717) is 22.2 Å². The van der Waals surface area contributed by atoms with Crippen molar-refractivity contribution < 1.29 is 19.1 Å². The third-order valence-corrected chi connectivity index (χ3v) is 3.80. The van der Waals surface area contributed by atoms with Gasteiger partial charge in [-0.15, -0.1) is 0 Å². The number of para-hydroxylation sites is 1. The topological polar surface area (TPSA) is 79.9 Å². The lowest BCUT2D eigenvalue weighted by Gasteiger charge is -2.22. The maximum absolute atomic E-state index is 12.6. The van der Waals surface area contributed by atoms with Gasteiger partial charge < -0.3 is 9.47 Å². The van der Waals surface area contributed by atoms with E-state index >= 15 is 0 Å². The van der Waals surface area contributed by atoms with Gasteiger partial charge in [-0.05, 0) is 24.3 Å². The molecular formula is C17H16ClN3O4. The summed E-state index contributed by atoms with van der Waals surface area (Å²) in [5.74, 6) is 0.686. The van der Waals surface area contributed by atoms with Crippen molar-refractivity contribution in [3.8, 4) is 11.5 Å². The Hall–Kier alpha value is -2.77. The molecule has 7 nitrogen and oxygen atoms in total. The number of methoxy groups -OCH3 is 1. The molecule has 1 aliphatic heterocycles. The number of urea groups is 1. The first-order valence-corrected chi connectivity index (χ1v) is 7.87. The molecule has 0 atom stereocenters. The summed E-state index contributed by atoms with van der Waals surface area (Å²) >= 11 is 6.08. The standard InChI is InChI=1S/C17H16ClN3O4/c1-24-10-16(22)19-20-17(23)21-9-11-4-2-3-5-14(11)25-15-7-6-12(18)8-13(15)21/h2-8H,9-10H2,1H3,(H,19,22)(H,20,23). The molecule has 3 rings (SSSR count). The van der Waals surface area contributed by atoms with Crippen LogP contribution < -0.4 is 20.5 Å². The first-order valence-electron chi connectivity index (χ1n) is 7.49. The molecule has 0 spiro atoms. The molecule has 2 N–H and O–H groups in total. The quantitative estimate of drug-likeness (QED) is 0.806. The van der Waals surface area contributed by atoms with Crippen LogP contribution in [0.25, 0.3) is 0 Å². The predicted molar refractivity (Wildman–Crippen MR) is 92.7 cm³/mol. The highest BCUT2D eigenvalue weighted by atomic mass is 35.5. The van der Waals surface area contributed by atoms with Crippen molar-refractivity contribution in [1.29, 1.82) is 0 Å². The Bertz CT molecular complexity index is 812. The van der Waals surface area contributed by atoms with E-state index in [9.17, 15) is 9.59 Å². The molecule has 0 saturated heterocycles. The van der Waals surface area contributed by atoms with Gasteiger partial charge in [0.15, 0.2) is 5.75 Å². The molecule has 1 heterocycles. The molecule has 0 saturated carbocycles. The zero-order valence-corrected chi connectivity index (χ0v) is 14.2. The van der Waals surface area contributed by atoms with E-state index in [2.05, 4.69) is 10.9 Å². The van der Waals surface area contributed by atoms with E-state index in [4.69, 9.17) is 21.1 Å². The molecule has 0 fully saturated rings. The molecule has 130 valence electrons. The third kappa shape index (κ3) is 3.84. The molecule has 0 radical (unpaired) electrons. The van der Waals surface area contributed by atoms with Crippen LogP contribution in [0.4, 0.5) is 10.5 Å². The molecule has 25 heavy (non-hydrogen) atoms. The molecular weight excluding hydrogens is 346 g/mol. The molecule has 0 aliphatic carbocycles. The summed E-state index contributed by atoms with van der Waals surface area (Å²) in [7, 11) is 1.39. The monoisotopic (exact) mass is 361 g/mol. The second-order valence-electron chi connectivity index (χ2n) is 5.32. The van der Waals surface area contributed by atoms with Crippen LogP contribution in [0, 0.1) is 0 Å². The number of hydrazine groups is 1. The number of rotatable bonds is 2. The summed E-state index contributed by atoms with van der Waals surface area (Å²) in [4.78, 5) is 25.5. The van der Waals surface area contributed by atoms with E-state index in [1.807, 2.05) is 24.3 Å². The normalized spacial score (nSPS) is 12.3. The van der Waals surface area contributed by atoms with Gasteiger partial charge in [-0.2, -0.15) is 0 Å². The van der Waals surface area contributed by atoms with Gasteiger partial charge in [0.05, 0.1) is 12.2 Å². The fourth-order valence-corrected chi connectivity index (χ4v) is 2.60. The van der Waals surface area contributed by atoms with E-state index < -0.39 is 11.9 Å². The van der Waals surface area contributed by atoms with Gasteiger partial charge in [-0.1, -0.05) is 29.8 Å². The molecule has 0 unspecified atom stereocenters. The van der Waals surface area contributed by atoms with Gasteiger partial charge >= 0.3 is 6.03 Å². The highest BCUT2D eigenvalue weighted by Crippen LogP contribution is 2.40. The number of anilines is 1. The number of benzene rings is 2. The number of halogens is 1.